The first kappa shape index (κ1) is 14.5. The Morgan fingerprint density at radius 1 is 1.35 bits per heavy atom. The van der Waals surface area contributed by atoms with Crippen molar-refractivity contribution in [3.63, 3.8) is 0 Å². The van der Waals surface area contributed by atoms with Crippen LogP contribution in [0.5, 0.6) is 0 Å². The minimum absolute atomic E-state index is 0.216. The summed E-state index contributed by atoms with van der Waals surface area (Å²) >= 11 is 1.30. The molecule has 5 nitrogen and oxygen atoms in total. The monoisotopic (exact) mass is 316 g/mol. The number of rotatable bonds is 3. The molecule has 0 amide bonds. The van der Waals surface area contributed by atoms with Gasteiger partial charge in [0, 0.05) is 30.1 Å². The molecule has 3 rings (SSSR count). The van der Waals surface area contributed by atoms with E-state index in [9.17, 15) is 13.5 Å². The van der Waals surface area contributed by atoms with E-state index in [2.05, 4.69) is 11.9 Å². The smallest absolute Gasteiger partial charge is 0.244 e. The molecule has 20 heavy (non-hydrogen) atoms. The summed E-state index contributed by atoms with van der Waals surface area (Å²) in [6, 6.07) is 2.45. The minimum atomic E-state index is -3.47. The molecule has 0 radical (unpaired) electrons. The molecule has 2 atom stereocenters. The SMILES string of the molecule is CN1C2CCC1CN(S(=O)(=O)c1ccsc1CO)CC2. The summed E-state index contributed by atoms with van der Waals surface area (Å²) in [5.41, 5.74) is 0. The fourth-order valence-corrected chi connectivity index (χ4v) is 6.07. The molecule has 0 spiro atoms. The Morgan fingerprint density at radius 2 is 2.10 bits per heavy atom. The zero-order valence-corrected chi connectivity index (χ0v) is 13.2. The van der Waals surface area contributed by atoms with Crippen LogP contribution in [0, 0.1) is 0 Å². The lowest BCUT2D eigenvalue weighted by molar-refractivity contribution is 0.246. The van der Waals surface area contributed by atoms with Crippen molar-refractivity contribution in [1.82, 2.24) is 9.21 Å². The molecule has 112 valence electrons. The van der Waals surface area contributed by atoms with Gasteiger partial charge >= 0.3 is 0 Å². The first-order valence-corrected chi connectivity index (χ1v) is 9.25. The van der Waals surface area contributed by atoms with Crippen LogP contribution in [0.2, 0.25) is 0 Å². The number of thiophene rings is 1. The van der Waals surface area contributed by atoms with Crippen LogP contribution in [-0.2, 0) is 16.6 Å². The molecule has 2 unspecified atom stereocenters. The van der Waals surface area contributed by atoms with Gasteiger partial charge in [-0.1, -0.05) is 0 Å². The standard InChI is InChI=1S/C13H20N2O3S2/c1-14-10-2-3-11(14)8-15(6-4-10)20(17,18)13-5-7-19-12(13)9-16/h5,7,10-11,16H,2-4,6,8-9H2,1H3. The van der Waals surface area contributed by atoms with Gasteiger partial charge in [0.25, 0.3) is 0 Å². The molecule has 2 saturated heterocycles. The van der Waals surface area contributed by atoms with Crippen molar-refractivity contribution in [1.29, 1.82) is 0 Å². The van der Waals surface area contributed by atoms with E-state index in [0.717, 1.165) is 12.8 Å². The van der Waals surface area contributed by atoms with Crippen molar-refractivity contribution in [2.75, 3.05) is 20.1 Å². The van der Waals surface area contributed by atoms with Crippen LogP contribution in [-0.4, -0.2) is 55.0 Å². The predicted molar refractivity (Wildman–Crippen MR) is 78.2 cm³/mol. The Morgan fingerprint density at radius 3 is 2.85 bits per heavy atom. The van der Waals surface area contributed by atoms with E-state index >= 15 is 0 Å². The van der Waals surface area contributed by atoms with E-state index in [4.69, 9.17) is 0 Å². The first-order chi connectivity index (χ1) is 9.54. The number of aliphatic hydroxyl groups is 1. The summed E-state index contributed by atoms with van der Waals surface area (Å²) in [4.78, 5) is 3.15. The molecule has 2 aliphatic rings. The Bertz CT molecular complexity index is 584. The molecule has 2 bridgehead atoms. The maximum Gasteiger partial charge on any atom is 0.244 e. The van der Waals surface area contributed by atoms with Gasteiger partial charge in [-0.05, 0) is 37.8 Å². The molecule has 0 aromatic carbocycles. The Labute approximate surface area is 123 Å². The molecule has 7 heteroatoms. The van der Waals surface area contributed by atoms with E-state index in [0.29, 0.717) is 30.1 Å². The van der Waals surface area contributed by atoms with Crippen molar-refractivity contribution in [3.8, 4) is 0 Å². The second kappa shape index (κ2) is 5.38. The second-order valence-corrected chi connectivity index (χ2v) is 8.48. The molecular formula is C13H20N2O3S2. The largest absolute Gasteiger partial charge is 0.391 e. The summed E-state index contributed by atoms with van der Waals surface area (Å²) in [5.74, 6) is 0. The molecule has 1 aromatic heterocycles. The van der Waals surface area contributed by atoms with Crippen molar-refractivity contribution < 1.29 is 13.5 Å². The maximum absolute atomic E-state index is 12.8. The number of likely N-dealkylation sites (N-methyl/N-ethyl adjacent to an activating group) is 1. The minimum Gasteiger partial charge on any atom is -0.391 e. The number of sulfonamides is 1. The lowest BCUT2D eigenvalue weighted by Gasteiger charge is -2.25. The van der Waals surface area contributed by atoms with Crippen LogP contribution in [0.15, 0.2) is 16.3 Å². The van der Waals surface area contributed by atoms with Crippen molar-refractivity contribution in [2.45, 2.75) is 42.8 Å². The Kier molecular flexibility index (Phi) is 3.89. The van der Waals surface area contributed by atoms with Crippen LogP contribution in [0.1, 0.15) is 24.1 Å². The van der Waals surface area contributed by atoms with Gasteiger partial charge in [-0.2, -0.15) is 4.31 Å². The fraction of sp³-hybridized carbons (Fsp3) is 0.692. The van der Waals surface area contributed by atoms with E-state index in [1.54, 1.807) is 15.8 Å². The number of nitrogens with zero attached hydrogens (tertiary/aromatic N) is 2. The highest BCUT2D eigenvalue weighted by Gasteiger charge is 2.39. The summed E-state index contributed by atoms with van der Waals surface area (Å²) in [6.45, 7) is 0.927. The number of aliphatic hydroxyl groups excluding tert-OH is 1. The van der Waals surface area contributed by atoms with E-state index < -0.39 is 10.0 Å². The van der Waals surface area contributed by atoms with Crippen LogP contribution >= 0.6 is 11.3 Å². The highest BCUT2D eigenvalue weighted by Crippen LogP contribution is 2.32. The van der Waals surface area contributed by atoms with Gasteiger partial charge in [-0.25, -0.2) is 8.42 Å². The molecule has 0 aliphatic carbocycles. The highest BCUT2D eigenvalue weighted by atomic mass is 32.2. The summed E-state index contributed by atoms with van der Waals surface area (Å²) in [7, 11) is -1.37. The quantitative estimate of drug-likeness (QED) is 0.907. The third-order valence-electron chi connectivity index (χ3n) is 4.58. The molecule has 2 aliphatic heterocycles. The lowest BCUT2D eigenvalue weighted by Crippen LogP contribution is -2.39. The van der Waals surface area contributed by atoms with Gasteiger partial charge in [-0.3, -0.25) is 4.90 Å². The zero-order chi connectivity index (χ0) is 14.3. The third-order valence-corrected chi connectivity index (χ3v) is 7.56. The van der Waals surface area contributed by atoms with E-state index in [1.807, 2.05) is 0 Å². The lowest BCUT2D eigenvalue weighted by atomic mass is 10.1. The zero-order valence-electron chi connectivity index (χ0n) is 11.5. The molecule has 2 fully saturated rings. The predicted octanol–water partition coefficient (Wildman–Crippen LogP) is 1.10. The van der Waals surface area contributed by atoms with Crippen molar-refractivity contribution in [3.05, 3.63) is 16.3 Å². The normalized spacial score (nSPS) is 28.7. The molecule has 1 N–H and O–H groups in total. The maximum atomic E-state index is 12.8. The van der Waals surface area contributed by atoms with Crippen molar-refractivity contribution >= 4 is 21.4 Å². The van der Waals surface area contributed by atoms with Gasteiger partial charge in [-0.15, -0.1) is 11.3 Å². The van der Waals surface area contributed by atoms with E-state index in [1.165, 1.54) is 17.8 Å². The molecular weight excluding hydrogens is 296 g/mol. The van der Waals surface area contributed by atoms with E-state index in [-0.39, 0.29) is 11.5 Å². The van der Waals surface area contributed by atoms with Crippen LogP contribution in [0.25, 0.3) is 0 Å². The third kappa shape index (κ3) is 2.31. The van der Waals surface area contributed by atoms with Gasteiger partial charge in [0.15, 0.2) is 0 Å². The highest BCUT2D eigenvalue weighted by molar-refractivity contribution is 7.89. The van der Waals surface area contributed by atoms with Gasteiger partial charge in [0.1, 0.15) is 0 Å². The van der Waals surface area contributed by atoms with Crippen LogP contribution in [0.4, 0.5) is 0 Å². The summed E-state index contributed by atoms with van der Waals surface area (Å²) in [5, 5.41) is 11.0. The Hall–Kier alpha value is -0.470. The topological polar surface area (TPSA) is 60.9 Å². The fourth-order valence-electron chi connectivity index (χ4n) is 3.31. The Balaban J connectivity index is 1.89. The molecule has 0 saturated carbocycles. The molecule has 3 heterocycles. The van der Waals surface area contributed by atoms with Gasteiger partial charge < -0.3 is 5.11 Å². The van der Waals surface area contributed by atoms with Crippen LogP contribution in [0.3, 0.4) is 0 Å². The second-order valence-electron chi connectivity index (χ2n) is 5.57. The van der Waals surface area contributed by atoms with Gasteiger partial charge in [0.2, 0.25) is 10.0 Å². The average molecular weight is 316 g/mol. The van der Waals surface area contributed by atoms with Gasteiger partial charge in [0.05, 0.1) is 11.5 Å². The number of hydrogen-bond acceptors (Lipinski definition) is 5. The average Bonchev–Trinajstić information content (AvgIpc) is 2.95. The first-order valence-electron chi connectivity index (χ1n) is 6.93. The van der Waals surface area contributed by atoms with Crippen molar-refractivity contribution in [2.24, 2.45) is 0 Å². The number of fused-ring (bicyclic) bond motifs is 2. The van der Waals surface area contributed by atoms with Crippen LogP contribution < -0.4 is 0 Å². The summed E-state index contributed by atoms with van der Waals surface area (Å²) in [6.07, 6.45) is 3.14. The summed E-state index contributed by atoms with van der Waals surface area (Å²) < 4.78 is 27.1. The number of hydrogen-bond donors (Lipinski definition) is 1. The molecule has 1 aromatic rings.